The van der Waals surface area contributed by atoms with Crippen LogP contribution in [0.5, 0.6) is 0 Å². The zero-order valence-corrected chi connectivity index (χ0v) is 37.4. The smallest absolute Gasteiger partial charge is 0.141 e. The summed E-state index contributed by atoms with van der Waals surface area (Å²) in [7, 11) is 16.3. The molecule has 0 fully saturated rings. The summed E-state index contributed by atoms with van der Waals surface area (Å²) in [5.74, 6) is 0. The molecule has 12 aromatic rings. The molecule has 3 aromatic heterocycles. The Labute approximate surface area is 379 Å². The molecule has 0 radical (unpaired) electrons. The number of para-hydroxylation sites is 3. The van der Waals surface area contributed by atoms with Gasteiger partial charge in [-0.15, -0.1) is 5.46 Å². The van der Waals surface area contributed by atoms with Crippen molar-refractivity contribution in [1.29, 1.82) is 0 Å². The maximum absolute atomic E-state index is 6.51. The van der Waals surface area contributed by atoms with E-state index >= 15 is 0 Å². The molecule has 0 bridgehead atoms. The van der Waals surface area contributed by atoms with Crippen molar-refractivity contribution in [2.45, 2.75) is 0 Å². The Bertz CT molecular complexity index is 3930. The zero-order valence-electron chi connectivity index (χ0n) is 37.4. The Hall–Kier alpha value is -7.17. The maximum Gasteiger partial charge on any atom is 0.141 e. The number of furan rings is 1. The van der Waals surface area contributed by atoms with Crippen LogP contribution in [0.1, 0.15) is 0 Å². The second-order valence-electron chi connectivity index (χ2n) is 17.8. The molecule has 0 saturated carbocycles. The number of benzene rings is 9. The summed E-state index contributed by atoms with van der Waals surface area (Å²) >= 11 is 0. The number of hydrogen-bond acceptors (Lipinski definition) is 1. The highest BCUT2D eigenvalue weighted by Crippen LogP contribution is 2.42. The minimum atomic E-state index is 0.906. The van der Waals surface area contributed by atoms with Crippen LogP contribution in [-0.2, 0) is 0 Å². The van der Waals surface area contributed by atoms with E-state index in [1.807, 2.05) is 0 Å². The number of fused-ring (bicyclic) bond motifs is 9. The van der Waals surface area contributed by atoms with E-state index < -0.39 is 0 Å². The molecule has 0 aliphatic heterocycles. The first-order valence-corrected chi connectivity index (χ1v) is 22.5. The lowest BCUT2D eigenvalue weighted by Crippen LogP contribution is -2.48. The van der Waals surface area contributed by atoms with E-state index in [9.17, 15) is 0 Å². The van der Waals surface area contributed by atoms with Crippen molar-refractivity contribution in [3.8, 4) is 44.8 Å². The van der Waals surface area contributed by atoms with Crippen molar-refractivity contribution in [3.05, 3.63) is 164 Å². The number of aromatic nitrogens is 2. The highest BCUT2D eigenvalue weighted by molar-refractivity contribution is 6.69. The van der Waals surface area contributed by atoms with Gasteiger partial charge in [0.15, 0.2) is 0 Å². The third-order valence-corrected chi connectivity index (χ3v) is 14.6. The molecule has 0 spiro atoms. The van der Waals surface area contributed by atoms with Gasteiger partial charge < -0.3 is 13.6 Å². The third-order valence-electron chi connectivity index (χ3n) is 14.6. The van der Waals surface area contributed by atoms with Gasteiger partial charge in [-0.05, 0) is 64.0 Å². The van der Waals surface area contributed by atoms with Crippen LogP contribution in [0.3, 0.4) is 0 Å². The molecule has 294 valence electrons. The second-order valence-corrected chi connectivity index (χ2v) is 17.8. The lowest BCUT2D eigenvalue weighted by atomic mass is 9.64. The van der Waals surface area contributed by atoms with Crippen molar-refractivity contribution >= 4 is 159 Å². The Morgan fingerprint density at radius 2 is 0.891 bits per heavy atom. The molecule has 0 amide bonds. The Morgan fingerprint density at radius 3 is 1.66 bits per heavy atom. The molecular weight excluding hydrogens is 768 g/mol. The van der Waals surface area contributed by atoms with Crippen LogP contribution in [0, 0.1) is 0 Å². The summed E-state index contributed by atoms with van der Waals surface area (Å²) in [4.78, 5) is 0. The van der Waals surface area contributed by atoms with Gasteiger partial charge in [0.1, 0.15) is 66.1 Å². The van der Waals surface area contributed by atoms with Gasteiger partial charge in [-0.25, -0.2) is 0 Å². The van der Waals surface area contributed by atoms with E-state index in [2.05, 4.69) is 228 Å². The third kappa shape index (κ3) is 5.38. The standard InChI is InChI=1S/C54H41B7N2O/c55-45-41(46(56)50(60)53-43(45)44-47(57)48(58)49(59)51(61)54(44)63(53)38-22-12-24-40-42(38)34-18-8-10-23-39(34)64-40)30-25-26-37-35(27-30)33-20-11-19-32(29-15-5-2-6-16-29)52(33)62(37)36-21-9-7-17-31(36)28-13-3-1-4-14-28/h1-27H,55-61H2. The van der Waals surface area contributed by atoms with Gasteiger partial charge in [0, 0.05) is 43.7 Å². The largest absolute Gasteiger partial charge is 0.456 e. The summed E-state index contributed by atoms with van der Waals surface area (Å²) in [5, 5.41) is 7.43. The van der Waals surface area contributed by atoms with Crippen molar-refractivity contribution < 1.29 is 4.42 Å². The van der Waals surface area contributed by atoms with Crippen LogP contribution < -0.4 is 38.2 Å². The van der Waals surface area contributed by atoms with E-state index in [4.69, 9.17) is 4.42 Å². The molecular formula is C54H41B7N2O. The van der Waals surface area contributed by atoms with Gasteiger partial charge in [0.05, 0.1) is 27.8 Å². The van der Waals surface area contributed by atoms with E-state index in [1.165, 1.54) is 121 Å². The summed E-state index contributed by atoms with van der Waals surface area (Å²) in [6.45, 7) is 0. The number of rotatable bonds is 5. The lowest BCUT2D eigenvalue weighted by molar-refractivity contribution is 0.669. The van der Waals surface area contributed by atoms with Gasteiger partial charge in [0.25, 0.3) is 0 Å². The van der Waals surface area contributed by atoms with Crippen LogP contribution in [0.15, 0.2) is 168 Å². The fourth-order valence-corrected chi connectivity index (χ4v) is 11.2. The molecule has 64 heavy (non-hydrogen) atoms. The Kier molecular flexibility index (Phi) is 8.69. The average molecular weight is 810 g/mol. The Morgan fingerprint density at radius 1 is 0.328 bits per heavy atom. The fraction of sp³-hybridized carbons (Fsp3) is 0. The highest BCUT2D eigenvalue weighted by Gasteiger charge is 2.27. The first-order valence-electron chi connectivity index (χ1n) is 22.5. The summed E-state index contributed by atoms with van der Waals surface area (Å²) in [6.07, 6.45) is 0. The first kappa shape index (κ1) is 38.5. The quantitative estimate of drug-likeness (QED) is 0.246. The normalized spacial score (nSPS) is 11.9. The van der Waals surface area contributed by atoms with Gasteiger partial charge >= 0.3 is 0 Å². The monoisotopic (exact) mass is 810 g/mol. The highest BCUT2D eigenvalue weighted by atomic mass is 16.3. The van der Waals surface area contributed by atoms with Crippen molar-refractivity contribution in [2.75, 3.05) is 0 Å². The van der Waals surface area contributed by atoms with Crippen LogP contribution >= 0.6 is 0 Å². The predicted octanol–water partition coefficient (Wildman–Crippen LogP) is 2.59. The molecule has 0 aliphatic rings. The molecule has 0 atom stereocenters. The molecule has 0 aliphatic carbocycles. The van der Waals surface area contributed by atoms with E-state index in [0.717, 1.165) is 27.6 Å². The van der Waals surface area contributed by atoms with E-state index in [1.54, 1.807) is 0 Å². The molecule has 3 nitrogen and oxygen atoms in total. The minimum absolute atomic E-state index is 0.906. The zero-order chi connectivity index (χ0) is 43.5. The lowest BCUT2D eigenvalue weighted by Gasteiger charge is -2.19. The second kappa shape index (κ2) is 14.4. The SMILES string of the molecule is Bc1c(B)c(B)c2c(c1B)c1c(B)c(-c3ccc4c(c3)c3cccc(-c5ccccc5)c3n4-c3ccccc3-c3ccccc3)c(B)c(B)c1n2-c1cccc2oc3ccccc3c12. The molecule has 3 heterocycles. The van der Waals surface area contributed by atoms with Crippen molar-refractivity contribution in [3.63, 3.8) is 0 Å². The number of nitrogens with zero attached hydrogens (tertiary/aromatic N) is 2. The fourth-order valence-electron chi connectivity index (χ4n) is 11.2. The van der Waals surface area contributed by atoms with Crippen LogP contribution in [-0.4, -0.2) is 64.1 Å². The van der Waals surface area contributed by atoms with Gasteiger partial charge in [0.2, 0.25) is 0 Å². The van der Waals surface area contributed by atoms with Crippen LogP contribution in [0.25, 0.3) is 110 Å². The molecule has 0 unspecified atom stereocenters. The van der Waals surface area contributed by atoms with Gasteiger partial charge in [-0.3, -0.25) is 0 Å². The first-order chi connectivity index (χ1) is 31.2. The topological polar surface area (TPSA) is 23.0 Å². The maximum atomic E-state index is 6.51. The summed E-state index contributed by atoms with van der Waals surface area (Å²) in [6, 6.07) is 59.5. The van der Waals surface area contributed by atoms with Crippen LogP contribution in [0.4, 0.5) is 0 Å². The molecule has 9 aromatic carbocycles. The molecule has 10 heteroatoms. The Balaban J connectivity index is 1.18. The number of hydrogen-bond donors (Lipinski definition) is 0. The molecule has 0 saturated heterocycles. The molecule has 12 rings (SSSR count). The van der Waals surface area contributed by atoms with Crippen molar-refractivity contribution in [2.24, 2.45) is 0 Å². The van der Waals surface area contributed by atoms with E-state index in [-0.39, 0.29) is 0 Å². The summed E-state index contributed by atoms with van der Waals surface area (Å²) in [5.41, 5.74) is 25.7. The molecule has 0 N–H and O–H groups in total. The minimum Gasteiger partial charge on any atom is -0.456 e. The van der Waals surface area contributed by atoms with Crippen molar-refractivity contribution in [1.82, 2.24) is 9.13 Å². The van der Waals surface area contributed by atoms with E-state index in [0.29, 0.717) is 0 Å². The van der Waals surface area contributed by atoms with Crippen LogP contribution in [0.2, 0.25) is 0 Å². The van der Waals surface area contributed by atoms with Gasteiger partial charge in [-0.2, -0.15) is 0 Å². The van der Waals surface area contributed by atoms with Gasteiger partial charge in [-0.1, -0.05) is 160 Å². The average Bonchev–Trinajstić information content (AvgIpc) is 4.01. The predicted molar refractivity (Wildman–Crippen MR) is 296 cm³/mol. The summed E-state index contributed by atoms with van der Waals surface area (Å²) < 4.78 is 11.6.